The molecule has 1 aliphatic heterocycles. The number of pyridine rings is 2. The topological polar surface area (TPSA) is 46.8 Å². The van der Waals surface area contributed by atoms with Crippen LogP contribution < -0.4 is 0 Å². The van der Waals surface area contributed by atoms with Gasteiger partial charge in [0, 0.05) is 46.9 Å². The van der Waals surface area contributed by atoms with Crippen molar-refractivity contribution in [3.05, 3.63) is 60.3 Å². The van der Waals surface area contributed by atoms with Crippen LogP contribution in [-0.4, -0.2) is 31.2 Å². The molecule has 33 heavy (non-hydrogen) atoms. The van der Waals surface area contributed by atoms with Crippen molar-refractivity contribution in [3.63, 3.8) is 0 Å². The van der Waals surface area contributed by atoms with Crippen LogP contribution in [0.3, 0.4) is 0 Å². The fourth-order valence-corrected chi connectivity index (χ4v) is 5.10. The highest BCUT2D eigenvalue weighted by Gasteiger charge is 2.29. The minimum atomic E-state index is -0.619. The van der Waals surface area contributed by atoms with Crippen molar-refractivity contribution < 1.29 is 4.39 Å². The Morgan fingerprint density at radius 1 is 1.18 bits per heavy atom. The Kier molecular flexibility index (Phi) is 5.49. The van der Waals surface area contributed by atoms with Crippen molar-refractivity contribution >= 4 is 5.70 Å². The summed E-state index contributed by atoms with van der Waals surface area (Å²) in [5.41, 5.74) is 6.89. The van der Waals surface area contributed by atoms with E-state index in [1.807, 2.05) is 34.1 Å². The number of hydrogen-bond acceptors (Lipinski definition) is 4. The maximum atomic E-state index is 13.5. The fourth-order valence-electron chi connectivity index (χ4n) is 5.10. The molecule has 0 spiro atoms. The van der Waals surface area contributed by atoms with Crippen LogP contribution in [0.5, 0.6) is 0 Å². The average molecular weight is 442 g/mol. The summed E-state index contributed by atoms with van der Waals surface area (Å²) in [6.45, 7) is 7.97. The van der Waals surface area contributed by atoms with Gasteiger partial charge >= 0.3 is 0 Å². The third-order valence-corrected chi connectivity index (χ3v) is 6.95. The number of rotatable bonds is 6. The molecule has 1 saturated carbocycles. The molecule has 2 aliphatic rings. The SMILES string of the molecule is C#CCN1Cc2ncc(-c3nc(CF)ccc3-c3cnn(CC4(C)CCCC4)c3)cc2C1=C. The van der Waals surface area contributed by atoms with Crippen molar-refractivity contribution in [2.75, 3.05) is 6.54 Å². The van der Waals surface area contributed by atoms with Gasteiger partial charge in [0.25, 0.3) is 0 Å². The fraction of sp³-hybridized carbons (Fsp3) is 0.370. The molecule has 1 fully saturated rings. The number of aromatic nitrogens is 4. The van der Waals surface area contributed by atoms with Crippen LogP contribution in [0.4, 0.5) is 4.39 Å². The zero-order valence-corrected chi connectivity index (χ0v) is 19.0. The molecule has 0 bridgehead atoms. The van der Waals surface area contributed by atoms with Crippen LogP contribution in [0.25, 0.3) is 28.1 Å². The summed E-state index contributed by atoms with van der Waals surface area (Å²) in [5.74, 6) is 2.67. The lowest BCUT2D eigenvalue weighted by atomic mass is 9.89. The molecule has 5 nitrogen and oxygen atoms in total. The predicted molar refractivity (Wildman–Crippen MR) is 128 cm³/mol. The van der Waals surface area contributed by atoms with Gasteiger partial charge in [0.1, 0.15) is 6.67 Å². The Balaban J connectivity index is 1.51. The third-order valence-electron chi connectivity index (χ3n) is 6.95. The van der Waals surface area contributed by atoms with Gasteiger partial charge in [-0.1, -0.05) is 38.3 Å². The highest BCUT2D eigenvalue weighted by molar-refractivity contribution is 5.82. The summed E-state index contributed by atoms with van der Waals surface area (Å²) in [7, 11) is 0. The van der Waals surface area contributed by atoms with E-state index in [4.69, 9.17) is 6.42 Å². The van der Waals surface area contributed by atoms with E-state index in [-0.39, 0.29) is 0 Å². The van der Waals surface area contributed by atoms with Crippen molar-refractivity contribution in [1.82, 2.24) is 24.6 Å². The summed E-state index contributed by atoms with van der Waals surface area (Å²) < 4.78 is 15.5. The minimum absolute atomic E-state index is 0.303. The standard InChI is InChI=1S/C27H28FN5/c1-4-11-32-17-25-24(19(32)2)12-20(14-29-25)26-23(8-7-22(13-28)31-26)21-15-30-33(16-21)18-27(3)9-5-6-10-27/h1,7-8,12,14-16H,2,5-6,9-11,13,17-18H2,3H3. The molecule has 1 aliphatic carbocycles. The van der Waals surface area contributed by atoms with Crippen molar-refractivity contribution in [1.29, 1.82) is 0 Å². The van der Waals surface area contributed by atoms with E-state index in [0.29, 0.717) is 29.9 Å². The lowest BCUT2D eigenvalue weighted by Crippen LogP contribution is -2.19. The molecule has 0 atom stereocenters. The highest BCUT2D eigenvalue weighted by atomic mass is 19.1. The minimum Gasteiger partial charge on any atom is -0.354 e. The van der Waals surface area contributed by atoms with Crippen molar-refractivity contribution in [2.24, 2.45) is 5.41 Å². The molecular formula is C27H28FN5. The van der Waals surface area contributed by atoms with Gasteiger partial charge in [0.15, 0.2) is 0 Å². The van der Waals surface area contributed by atoms with Gasteiger partial charge in [0.2, 0.25) is 0 Å². The first-order valence-electron chi connectivity index (χ1n) is 11.5. The number of hydrogen-bond donors (Lipinski definition) is 0. The molecule has 3 aromatic rings. The van der Waals surface area contributed by atoms with E-state index in [0.717, 1.165) is 40.2 Å². The normalized spacial score (nSPS) is 16.8. The molecular weight excluding hydrogens is 413 g/mol. The van der Waals surface area contributed by atoms with Crippen LogP contribution in [0.1, 0.15) is 49.6 Å². The maximum absolute atomic E-state index is 13.5. The van der Waals surface area contributed by atoms with Gasteiger partial charge in [-0.05, 0) is 30.4 Å². The molecule has 168 valence electrons. The van der Waals surface area contributed by atoms with Gasteiger partial charge in [-0.15, -0.1) is 6.42 Å². The molecule has 0 saturated heterocycles. The molecule has 4 heterocycles. The number of alkyl halides is 1. The van der Waals surface area contributed by atoms with Crippen LogP contribution in [0.15, 0.2) is 43.4 Å². The summed E-state index contributed by atoms with van der Waals surface area (Å²) in [5, 5.41) is 4.64. The first-order valence-corrected chi connectivity index (χ1v) is 11.5. The lowest BCUT2D eigenvalue weighted by molar-refractivity contribution is 0.268. The largest absolute Gasteiger partial charge is 0.354 e. The number of terminal acetylenes is 1. The second kappa shape index (κ2) is 8.47. The van der Waals surface area contributed by atoms with E-state index in [1.165, 1.54) is 25.7 Å². The van der Waals surface area contributed by atoms with Gasteiger partial charge in [0.05, 0.1) is 36.4 Å². The zero-order chi connectivity index (χ0) is 23.0. The van der Waals surface area contributed by atoms with Gasteiger partial charge < -0.3 is 4.90 Å². The van der Waals surface area contributed by atoms with E-state index in [9.17, 15) is 4.39 Å². The number of fused-ring (bicyclic) bond motifs is 1. The first kappa shape index (κ1) is 21.4. The van der Waals surface area contributed by atoms with E-state index >= 15 is 0 Å². The summed E-state index contributed by atoms with van der Waals surface area (Å²) >= 11 is 0. The first-order chi connectivity index (χ1) is 16.0. The van der Waals surface area contributed by atoms with Gasteiger partial charge in [-0.25, -0.2) is 9.37 Å². The molecule has 0 N–H and O–H groups in total. The second-order valence-electron chi connectivity index (χ2n) is 9.50. The molecule has 3 aromatic heterocycles. The third kappa shape index (κ3) is 4.04. The van der Waals surface area contributed by atoms with Gasteiger partial charge in [-0.2, -0.15) is 5.10 Å². The monoisotopic (exact) mass is 441 g/mol. The lowest BCUT2D eigenvalue weighted by Gasteiger charge is -2.22. The van der Waals surface area contributed by atoms with Crippen molar-refractivity contribution in [3.8, 4) is 34.7 Å². The maximum Gasteiger partial charge on any atom is 0.131 e. The van der Waals surface area contributed by atoms with Crippen LogP contribution in [0.2, 0.25) is 0 Å². The Hall–Kier alpha value is -3.46. The van der Waals surface area contributed by atoms with E-state index in [2.05, 4.69) is 40.7 Å². The van der Waals surface area contributed by atoms with Crippen LogP contribution in [-0.2, 0) is 19.8 Å². The quantitative estimate of drug-likeness (QED) is 0.476. The zero-order valence-electron chi connectivity index (χ0n) is 19.0. The summed E-state index contributed by atoms with van der Waals surface area (Å²) in [6, 6.07) is 5.71. The summed E-state index contributed by atoms with van der Waals surface area (Å²) in [6.07, 6.45) is 16.3. The molecule has 0 amide bonds. The smallest absolute Gasteiger partial charge is 0.131 e. The molecule has 6 heteroatoms. The highest BCUT2D eigenvalue weighted by Crippen LogP contribution is 2.40. The molecule has 0 aromatic carbocycles. The predicted octanol–water partition coefficient (Wildman–Crippen LogP) is 5.48. The van der Waals surface area contributed by atoms with Crippen molar-refractivity contribution in [2.45, 2.75) is 52.4 Å². The average Bonchev–Trinajstić information content (AvgIpc) is 3.54. The van der Waals surface area contributed by atoms with E-state index in [1.54, 1.807) is 6.07 Å². The molecule has 5 rings (SSSR count). The van der Waals surface area contributed by atoms with Crippen LogP contribution >= 0.6 is 0 Å². The van der Waals surface area contributed by atoms with Gasteiger partial charge in [-0.3, -0.25) is 9.67 Å². The van der Waals surface area contributed by atoms with E-state index < -0.39 is 6.67 Å². The number of halogens is 1. The Morgan fingerprint density at radius 3 is 2.76 bits per heavy atom. The molecule has 0 radical (unpaired) electrons. The Labute approximate surface area is 194 Å². The number of nitrogens with zero attached hydrogens (tertiary/aromatic N) is 5. The Bertz CT molecular complexity index is 1250. The Morgan fingerprint density at radius 2 is 2.00 bits per heavy atom. The summed E-state index contributed by atoms with van der Waals surface area (Å²) in [4.78, 5) is 11.3. The van der Waals surface area contributed by atoms with Crippen LogP contribution in [0, 0.1) is 17.8 Å². The molecule has 0 unspecified atom stereocenters. The second-order valence-corrected chi connectivity index (χ2v) is 9.50.